The van der Waals surface area contributed by atoms with Crippen LogP contribution in [0.2, 0.25) is 0 Å². The fourth-order valence-corrected chi connectivity index (χ4v) is 2.39. The number of rotatable bonds is 5. The number of benzene rings is 1. The second-order valence-electron chi connectivity index (χ2n) is 5.34. The molecule has 22 heavy (non-hydrogen) atoms. The van der Waals surface area contributed by atoms with Gasteiger partial charge in [-0.3, -0.25) is 14.9 Å². The highest BCUT2D eigenvalue weighted by Crippen LogP contribution is 2.18. The lowest BCUT2D eigenvalue weighted by Crippen LogP contribution is -2.40. The quantitative estimate of drug-likeness (QED) is 0.511. The van der Waals surface area contributed by atoms with E-state index in [1.807, 2.05) is 0 Å². The number of esters is 1. The molecule has 7 heteroatoms. The number of nitro benzene ring substituents is 1. The largest absolute Gasteiger partial charge is 0.449 e. The zero-order valence-corrected chi connectivity index (χ0v) is 12.3. The van der Waals surface area contributed by atoms with E-state index in [-0.39, 0.29) is 23.2 Å². The number of carbonyl (C=O) groups excluding carboxylic acids is 2. The summed E-state index contributed by atoms with van der Waals surface area (Å²) in [6.45, 7) is 1.51. The smallest absolute Gasteiger partial charge is 0.338 e. The molecule has 0 saturated heterocycles. The van der Waals surface area contributed by atoms with Crippen molar-refractivity contribution >= 4 is 17.6 Å². The molecule has 1 atom stereocenters. The summed E-state index contributed by atoms with van der Waals surface area (Å²) in [6.07, 6.45) is 3.20. The van der Waals surface area contributed by atoms with E-state index in [4.69, 9.17) is 4.74 Å². The van der Waals surface area contributed by atoms with Crippen LogP contribution in [0, 0.1) is 10.1 Å². The van der Waals surface area contributed by atoms with Crippen LogP contribution in [0.4, 0.5) is 5.69 Å². The van der Waals surface area contributed by atoms with Gasteiger partial charge in [-0.2, -0.15) is 0 Å². The van der Waals surface area contributed by atoms with Crippen LogP contribution in [0.25, 0.3) is 0 Å². The number of hydrogen-bond donors (Lipinski definition) is 1. The third-order valence-electron chi connectivity index (χ3n) is 3.67. The molecule has 0 aromatic heterocycles. The van der Waals surface area contributed by atoms with E-state index >= 15 is 0 Å². The van der Waals surface area contributed by atoms with Gasteiger partial charge < -0.3 is 10.1 Å². The van der Waals surface area contributed by atoms with Crippen LogP contribution in [-0.2, 0) is 9.53 Å². The fraction of sp³-hybridized carbons (Fsp3) is 0.467. The number of hydrogen-bond acceptors (Lipinski definition) is 5. The lowest BCUT2D eigenvalue weighted by Gasteiger charge is -2.17. The molecule has 0 aliphatic heterocycles. The fourth-order valence-electron chi connectivity index (χ4n) is 2.39. The molecule has 1 amide bonds. The Kier molecular flexibility index (Phi) is 5.08. The van der Waals surface area contributed by atoms with Gasteiger partial charge in [-0.15, -0.1) is 0 Å². The number of amides is 1. The molecule has 1 aliphatic carbocycles. The van der Waals surface area contributed by atoms with Gasteiger partial charge in [0.25, 0.3) is 11.6 Å². The van der Waals surface area contributed by atoms with Crippen molar-refractivity contribution in [3.63, 3.8) is 0 Å². The molecule has 0 radical (unpaired) electrons. The van der Waals surface area contributed by atoms with Gasteiger partial charge >= 0.3 is 5.97 Å². The molecule has 1 aliphatic rings. The molecule has 2 rings (SSSR count). The maximum Gasteiger partial charge on any atom is 0.338 e. The van der Waals surface area contributed by atoms with Crippen molar-refractivity contribution < 1.29 is 19.2 Å². The average molecular weight is 306 g/mol. The minimum absolute atomic E-state index is 0.108. The zero-order chi connectivity index (χ0) is 16.1. The predicted octanol–water partition coefficient (Wildman–Crippen LogP) is 2.20. The van der Waals surface area contributed by atoms with Gasteiger partial charge in [0, 0.05) is 18.2 Å². The Morgan fingerprint density at radius 1 is 1.27 bits per heavy atom. The Hall–Kier alpha value is -2.44. The molecule has 118 valence electrons. The van der Waals surface area contributed by atoms with Gasteiger partial charge in [0.05, 0.1) is 10.5 Å². The lowest BCUT2D eigenvalue weighted by molar-refractivity contribution is -0.384. The molecule has 0 spiro atoms. The highest BCUT2D eigenvalue weighted by molar-refractivity contribution is 5.92. The first-order chi connectivity index (χ1) is 10.5. The number of nitrogens with one attached hydrogen (secondary N) is 1. The summed E-state index contributed by atoms with van der Waals surface area (Å²) in [5, 5.41) is 13.4. The Morgan fingerprint density at radius 3 is 2.41 bits per heavy atom. The van der Waals surface area contributed by atoms with E-state index in [0.717, 1.165) is 25.7 Å². The summed E-state index contributed by atoms with van der Waals surface area (Å²) in [7, 11) is 0. The molecule has 1 N–H and O–H groups in total. The molecule has 1 saturated carbocycles. The Morgan fingerprint density at radius 2 is 1.86 bits per heavy atom. The van der Waals surface area contributed by atoms with Crippen LogP contribution in [-0.4, -0.2) is 28.9 Å². The van der Waals surface area contributed by atoms with E-state index in [1.54, 1.807) is 0 Å². The van der Waals surface area contributed by atoms with Crippen molar-refractivity contribution in [3.8, 4) is 0 Å². The summed E-state index contributed by atoms with van der Waals surface area (Å²) in [5.74, 6) is -0.994. The summed E-state index contributed by atoms with van der Waals surface area (Å²) in [6, 6.07) is 5.22. The lowest BCUT2D eigenvalue weighted by atomic mass is 10.2. The SMILES string of the molecule is C[C@H](OC(=O)c1ccc([N+](=O)[O-])cc1)C(=O)NC1CCCC1. The number of carbonyl (C=O) groups is 2. The minimum Gasteiger partial charge on any atom is -0.449 e. The molecule has 0 bridgehead atoms. The highest BCUT2D eigenvalue weighted by atomic mass is 16.6. The Labute approximate surface area is 127 Å². The molecule has 1 aromatic rings. The molecular formula is C15H18N2O5. The molecule has 0 unspecified atom stereocenters. The second kappa shape index (κ2) is 7.02. The molecule has 7 nitrogen and oxygen atoms in total. The van der Waals surface area contributed by atoms with Crippen LogP contribution < -0.4 is 5.32 Å². The predicted molar refractivity (Wildman–Crippen MR) is 78.4 cm³/mol. The van der Waals surface area contributed by atoms with E-state index in [0.29, 0.717) is 0 Å². The summed E-state index contributed by atoms with van der Waals surface area (Å²) < 4.78 is 5.09. The van der Waals surface area contributed by atoms with E-state index in [9.17, 15) is 19.7 Å². The summed E-state index contributed by atoms with van der Waals surface area (Å²) in [4.78, 5) is 33.8. The van der Waals surface area contributed by atoms with Crippen LogP contribution in [0.15, 0.2) is 24.3 Å². The average Bonchev–Trinajstić information content (AvgIpc) is 3.00. The Balaban J connectivity index is 1.89. The standard InChI is InChI=1S/C15H18N2O5/c1-10(14(18)16-12-4-2-3-5-12)22-15(19)11-6-8-13(9-7-11)17(20)21/h6-10,12H,2-5H2,1H3,(H,16,18)/t10-/m0/s1. The van der Waals surface area contributed by atoms with E-state index in [1.165, 1.54) is 31.2 Å². The van der Waals surface area contributed by atoms with Crippen molar-refractivity contribution in [3.05, 3.63) is 39.9 Å². The minimum atomic E-state index is -0.900. The summed E-state index contributed by atoms with van der Waals surface area (Å²) >= 11 is 0. The van der Waals surface area contributed by atoms with Crippen molar-refractivity contribution in [2.45, 2.75) is 44.8 Å². The third-order valence-corrected chi connectivity index (χ3v) is 3.67. The maximum absolute atomic E-state index is 11.9. The molecule has 1 aromatic carbocycles. The van der Waals surface area contributed by atoms with Crippen molar-refractivity contribution in [1.29, 1.82) is 0 Å². The number of nitrogens with zero attached hydrogens (tertiary/aromatic N) is 1. The maximum atomic E-state index is 11.9. The van der Waals surface area contributed by atoms with Gasteiger partial charge in [0.1, 0.15) is 0 Å². The van der Waals surface area contributed by atoms with Crippen LogP contribution in [0.5, 0.6) is 0 Å². The van der Waals surface area contributed by atoms with Gasteiger partial charge in [-0.25, -0.2) is 4.79 Å². The number of non-ortho nitro benzene ring substituents is 1. The van der Waals surface area contributed by atoms with Crippen LogP contribution in [0.1, 0.15) is 43.0 Å². The zero-order valence-electron chi connectivity index (χ0n) is 12.3. The first kappa shape index (κ1) is 15.9. The molecular weight excluding hydrogens is 288 g/mol. The van der Waals surface area contributed by atoms with Gasteiger partial charge in [0.2, 0.25) is 0 Å². The third kappa shape index (κ3) is 4.03. The monoisotopic (exact) mass is 306 g/mol. The van der Waals surface area contributed by atoms with Gasteiger partial charge in [-0.1, -0.05) is 12.8 Å². The van der Waals surface area contributed by atoms with E-state index < -0.39 is 17.0 Å². The number of ether oxygens (including phenoxy) is 1. The topological polar surface area (TPSA) is 98.5 Å². The highest BCUT2D eigenvalue weighted by Gasteiger charge is 2.23. The first-order valence-electron chi connectivity index (χ1n) is 7.23. The van der Waals surface area contributed by atoms with Crippen molar-refractivity contribution in [1.82, 2.24) is 5.32 Å². The van der Waals surface area contributed by atoms with E-state index in [2.05, 4.69) is 5.32 Å². The Bertz CT molecular complexity index is 564. The normalized spacial score (nSPS) is 16.0. The molecule has 1 fully saturated rings. The van der Waals surface area contributed by atoms with Crippen molar-refractivity contribution in [2.24, 2.45) is 0 Å². The molecule has 0 heterocycles. The van der Waals surface area contributed by atoms with Crippen molar-refractivity contribution in [2.75, 3.05) is 0 Å². The van der Waals surface area contributed by atoms with Gasteiger partial charge in [-0.05, 0) is 31.9 Å². The van der Waals surface area contributed by atoms with Crippen LogP contribution >= 0.6 is 0 Å². The summed E-state index contributed by atoms with van der Waals surface area (Å²) in [5.41, 5.74) is 0.0645. The number of nitro groups is 1. The van der Waals surface area contributed by atoms with Crippen LogP contribution in [0.3, 0.4) is 0 Å². The second-order valence-corrected chi connectivity index (χ2v) is 5.34. The van der Waals surface area contributed by atoms with Gasteiger partial charge in [0.15, 0.2) is 6.10 Å². The first-order valence-corrected chi connectivity index (χ1v) is 7.23.